The average Bonchev–Trinajstić information content (AvgIpc) is 3.06. The lowest BCUT2D eigenvalue weighted by atomic mass is 10.1. The lowest BCUT2D eigenvalue weighted by molar-refractivity contribution is 0.166. The zero-order valence-electron chi connectivity index (χ0n) is 13.1. The second-order valence-electron chi connectivity index (χ2n) is 5.86. The van der Waals surface area contributed by atoms with Gasteiger partial charge in [0.05, 0.1) is 19.4 Å². The van der Waals surface area contributed by atoms with E-state index in [2.05, 4.69) is 27.2 Å². The number of nitrogens with one attached hydrogen (secondary N) is 1. The monoisotopic (exact) mass is 304 g/mol. The van der Waals surface area contributed by atoms with Crippen LogP contribution in [-0.4, -0.2) is 55.8 Å². The van der Waals surface area contributed by atoms with Crippen molar-refractivity contribution in [3.63, 3.8) is 0 Å². The van der Waals surface area contributed by atoms with Crippen molar-refractivity contribution in [2.45, 2.75) is 19.4 Å². The fourth-order valence-electron chi connectivity index (χ4n) is 2.69. The summed E-state index contributed by atoms with van der Waals surface area (Å²) >= 11 is 0. The summed E-state index contributed by atoms with van der Waals surface area (Å²) in [5, 5.41) is 3.40. The predicted octanol–water partition coefficient (Wildman–Crippen LogP) is 1.28. The minimum absolute atomic E-state index is 0.495. The molecular weight excluding hydrogens is 280 g/mol. The van der Waals surface area contributed by atoms with E-state index < -0.39 is 0 Å². The fraction of sp³-hybridized carbons (Fsp3) is 0.625. The standard InChI is InChI=1S/C16H24N4O2/c1-20-7-2-5-18-16(20)19-9-14-3-6-17-10-15(14)22-12-13-4-8-21-11-13/h3,6,10,13H,2,4-5,7-9,11-12H2,1H3,(H,18,19). The third-order valence-corrected chi connectivity index (χ3v) is 4.08. The molecule has 1 aromatic rings. The summed E-state index contributed by atoms with van der Waals surface area (Å²) in [4.78, 5) is 10.9. The Balaban J connectivity index is 1.57. The molecule has 2 aliphatic rings. The molecule has 0 aromatic carbocycles. The van der Waals surface area contributed by atoms with Crippen LogP contribution in [0.15, 0.2) is 23.5 Å². The summed E-state index contributed by atoms with van der Waals surface area (Å²) in [6.45, 7) is 4.99. The number of hydrogen-bond acceptors (Lipinski definition) is 6. The molecule has 1 unspecified atom stereocenters. The Morgan fingerprint density at radius 3 is 3.27 bits per heavy atom. The maximum atomic E-state index is 5.95. The molecule has 6 nitrogen and oxygen atoms in total. The van der Waals surface area contributed by atoms with E-state index in [9.17, 15) is 0 Å². The maximum absolute atomic E-state index is 5.95. The topological polar surface area (TPSA) is 59.0 Å². The number of nitrogens with zero attached hydrogens (tertiary/aromatic N) is 3. The van der Waals surface area contributed by atoms with Crippen molar-refractivity contribution in [1.82, 2.24) is 15.2 Å². The molecule has 2 aliphatic heterocycles. The Kier molecular flexibility index (Phi) is 5.11. The van der Waals surface area contributed by atoms with Crippen LogP contribution in [0.1, 0.15) is 18.4 Å². The van der Waals surface area contributed by atoms with Crippen molar-refractivity contribution in [2.75, 3.05) is 40.0 Å². The van der Waals surface area contributed by atoms with Crippen LogP contribution in [0.3, 0.4) is 0 Å². The third kappa shape index (κ3) is 3.88. The number of pyridine rings is 1. The van der Waals surface area contributed by atoms with E-state index in [0.717, 1.165) is 56.4 Å². The number of aliphatic imine (C=N–C) groups is 1. The molecule has 120 valence electrons. The van der Waals surface area contributed by atoms with Crippen LogP contribution in [0.25, 0.3) is 0 Å². The fourth-order valence-corrected chi connectivity index (χ4v) is 2.69. The summed E-state index contributed by atoms with van der Waals surface area (Å²) in [6, 6.07) is 2.00. The highest BCUT2D eigenvalue weighted by Gasteiger charge is 2.17. The van der Waals surface area contributed by atoms with Gasteiger partial charge in [0.25, 0.3) is 0 Å². The van der Waals surface area contributed by atoms with E-state index in [1.54, 1.807) is 12.4 Å². The highest BCUT2D eigenvalue weighted by molar-refractivity contribution is 5.80. The molecule has 0 amide bonds. The number of aromatic nitrogens is 1. The van der Waals surface area contributed by atoms with Gasteiger partial charge in [0.15, 0.2) is 5.96 Å². The van der Waals surface area contributed by atoms with E-state index in [0.29, 0.717) is 19.1 Å². The van der Waals surface area contributed by atoms with Gasteiger partial charge in [-0.05, 0) is 18.9 Å². The maximum Gasteiger partial charge on any atom is 0.193 e. The van der Waals surface area contributed by atoms with Gasteiger partial charge < -0.3 is 19.7 Å². The minimum atomic E-state index is 0.495. The van der Waals surface area contributed by atoms with Gasteiger partial charge in [-0.25, -0.2) is 0 Å². The number of hydrogen-bond donors (Lipinski definition) is 1. The van der Waals surface area contributed by atoms with E-state index in [-0.39, 0.29) is 0 Å². The molecule has 1 fully saturated rings. The van der Waals surface area contributed by atoms with Gasteiger partial charge in [-0.1, -0.05) is 0 Å². The Morgan fingerprint density at radius 2 is 2.45 bits per heavy atom. The van der Waals surface area contributed by atoms with Crippen molar-refractivity contribution >= 4 is 5.96 Å². The Labute approximate surface area is 131 Å². The molecule has 1 saturated heterocycles. The molecule has 0 saturated carbocycles. The second kappa shape index (κ2) is 7.45. The van der Waals surface area contributed by atoms with Crippen molar-refractivity contribution in [3.05, 3.63) is 24.0 Å². The van der Waals surface area contributed by atoms with E-state index in [4.69, 9.17) is 9.47 Å². The first-order chi connectivity index (χ1) is 10.8. The molecule has 3 heterocycles. The summed E-state index contributed by atoms with van der Waals surface area (Å²) in [5.74, 6) is 2.30. The normalized spacial score (nSPS) is 21.6. The largest absolute Gasteiger partial charge is 0.491 e. The zero-order valence-corrected chi connectivity index (χ0v) is 13.1. The summed E-state index contributed by atoms with van der Waals surface area (Å²) < 4.78 is 11.3. The average molecular weight is 304 g/mol. The molecule has 0 radical (unpaired) electrons. The predicted molar refractivity (Wildman–Crippen MR) is 85.0 cm³/mol. The molecule has 0 bridgehead atoms. The molecule has 0 aliphatic carbocycles. The highest BCUT2D eigenvalue weighted by Crippen LogP contribution is 2.19. The first kappa shape index (κ1) is 15.1. The lowest BCUT2D eigenvalue weighted by Crippen LogP contribution is -2.41. The summed E-state index contributed by atoms with van der Waals surface area (Å²) in [5.41, 5.74) is 1.11. The van der Waals surface area contributed by atoms with Crippen LogP contribution in [0.2, 0.25) is 0 Å². The summed E-state index contributed by atoms with van der Waals surface area (Å²) in [7, 11) is 2.06. The highest BCUT2D eigenvalue weighted by atomic mass is 16.5. The lowest BCUT2D eigenvalue weighted by Gasteiger charge is -2.26. The third-order valence-electron chi connectivity index (χ3n) is 4.08. The second-order valence-corrected chi connectivity index (χ2v) is 5.86. The first-order valence-corrected chi connectivity index (χ1v) is 7.96. The Bertz CT molecular complexity index is 515. The van der Waals surface area contributed by atoms with Crippen LogP contribution in [0, 0.1) is 5.92 Å². The number of ether oxygens (including phenoxy) is 2. The van der Waals surface area contributed by atoms with Crippen LogP contribution in [0.4, 0.5) is 0 Å². The molecule has 1 atom stereocenters. The molecular formula is C16H24N4O2. The van der Waals surface area contributed by atoms with E-state index in [1.807, 2.05) is 6.07 Å². The van der Waals surface area contributed by atoms with Gasteiger partial charge in [-0.15, -0.1) is 0 Å². The Morgan fingerprint density at radius 1 is 1.50 bits per heavy atom. The van der Waals surface area contributed by atoms with Gasteiger partial charge in [0.2, 0.25) is 0 Å². The SMILES string of the molecule is CN1CCCN=C1NCc1ccncc1OCC1CCOC1. The number of rotatable bonds is 5. The van der Waals surface area contributed by atoms with Gasteiger partial charge in [-0.3, -0.25) is 9.98 Å². The van der Waals surface area contributed by atoms with Crippen molar-refractivity contribution in [2.24, 2.45) is 10.9 Å². The smallest absolute Gasteiger partial charge is 0.193 e. The van der Waals surface area contributed by atoms with Crippen LogP contribution >= 0.6 is 0 Å². The molecule has 22 heavy (non-hydrogen) atoms. The summed E-state index contributed by atoms with van der Waals surface area (Å²) in [6.07, 6.45) is 5.79. The van der Waals surface area contributed by atoms with E-state index >= 15 is 0 Å². The van der Waals surface area contributed by atoms with E-state index in [1.165, 1.54) is 0 Å². The Hall–Kier alpha value is -1.82. The van der Waals surface area contributed by atoms with Crippen LogP contribution in [0.5, 0.6) is 5.75 Å². The molecule has 0 spiro atoms. The van der Waals surface area contributed by atoms with Gasteiger partial charge in [-0.2, -0.15) is 0 Å². The quantitative estimate of drug-likeness (QED) is 0.888. The van der Waals surface area contributed by atoms with Crippen LogP contribution < -0.4 is 10.1 Å². The minimum Gasteiger partial charge on any atom is -0.491 e. The first-order valence-electron chi connectivity index (χ1n) is 7.96. The van der Waals surface area contributed by atoms with Gasteiger partial charge in [0, 0.05) is 51.0 Å². The molecule has 6 heteroatoms. The zero-order chi connectivity index (χ0) is 15.2. The van der Waals surface area contributed by atoms with Crippen molar-refractivity contribution < 1.29 is 9.47 Å². The van der Waals surface area contributed by atoms with Gasteiger partial charge >= 0.3 is 0 Å². The molecule has 3 rings (SSSR count). The molecule has 1 aromatic heterocycles. The number of guanidine groups is 1. The van der Waals surface area contributed by atoms with Crippen molar-refractivity contribution in [1.29, 1.82) is 0 Å². The van der Waals surface area contributed by atoms with Crippen LogP contribution in [-0.2, 0) is 11.3 Å². The van der Waals surface area contributed by atoms with Crippen molar-refractivity contribution in [3.8, 4) is 5.75 Å². The van der Waals surface area contributed by atoms with Gasteiger partial charge in [0.1, 0.15) is 5.75 Å². The molecule has 1 N–H and O–H groups in total.